The summed E-state index contributed by atoms with van der Waals surface area (Å²) in [7, 11) is 0. The van der Waals surface area contributed by atoms with Gasteiger partial charge in [0.15, 0.2) is 0 Å². The van der Waals surface area contributed by atoms with Gasteiger partial charge in [0.2, 0.25) is 0 Å². The Morgan fingerprint density at radius 1 is 1.64 bits per heavy atom. The summed E-state index contributed by atoms with van der Waals surface area (Å²) in [6, 6.07) is 4.08. The Labute approximate surface area is 92.3 Å². The molecule has 1 saturated heterocycles. The molecule has 2 nitrogen and oxygen atoms in total. The summed E-state index contributed by atoms with van der Waals surface area (Å²) in [6.45, 7) is 0.775. The SMILES string of the molecule is OC(Cc1cccs1)C1CSCCO1. The molecule has 1 aromatic rings. The maximum absolute atomic E-state index is 9.91. The van der Waals surface area contributed by atoms with Crippen LogP contribution in [0.2, 0.25) is 0 Å². The van der Waals surface area contributed by atoms with Crippen molar-refractivity contribution in [3.8, 4) is 0 Å². The Hall–Kier alpha value is -0.0300. The van der Waals surface area contributed by atoms with E-state index < -0.39 is 0 Å². The number of hydrogen-bond donors (Lipinski definition) is 1. The van der Waals surface area contributed by atoms with E-state index in [-0.39, 0.29) is 12.2 Å². The average Bonchev–Trinajstić information content (AvgIpc) is 2.72. The summed E-state index contributed by atoms with van der Waals surface area (Å²) in [6.07, 6.45) is 0.403. The van der Waals surface area contributed by atoms with E-state index in [0.29, 0.717) is 0 Å². The minimum atomic E-state index is -0.346. The van der Waals surface area contributed by atoms with Crippen molar-refractivity contribution in [3.63, 3.8) is 0 Å². The third kappa shape index (κ3) is 2.73. The lowest BCUT2D eigenvalue weighted by atomic mass is 10.1. The quantitative estimate of drug-likeness (QED) is 0.858. The Morgan fingerprint density at radius 2 is 2.57 bits per heavy atom. The first-order valence-corrected chi connectivity index (χ1v) is 6.79. The molecule has 2 rings (SSSR count). The molecule has 0 saturated carbocycles. The zero-order valence-electron chi connectivity index (χ0n) is 7.89. The molecule has 1 aromatic heterocycles. The van der Waals surface area contributed by atoms with Gasteiger partial charge in [-0.3, -0.25) is 0 Å². The van der Waals surface area contributed by atoms with Crippen LogP contribution in [-0.2, 0) is 11.2 Å². The van der Waals surface area contributed by atoms with Crippen LogP contribution >= 0.6 is 23.1 Å². The predicted octanol–water partition coefficient (Wildman–Crippen LogP) is 1.78. The van der Waals surface area contributed by atoms with E-state index in [2.05, 4.69) is 6.07 Å². The molecule has 2 unspecified atom stereocenters. The van der Waals surface area contributed by atoms with Crippen LogP contribution < -0.4 is 0 Å². The highest BCUT2D eigenvalue weighted by Crippen LogP contribution is 2.19. The van der Waals surface area contributed by atoms with Gasteiger partial charge in [0.25, 0.3) is 0 Å². The van der Waals surface area contributed by atoms with Gasteiger partial charge < -0.3 is 9.84 Å². The normalized spacial score (nSPS) is 24.8. The first kappa shape index (κ1) is 10.5. The van der Waals surface area contributed by atoms with Crippen molar-refractivity contribution >= 4 is 23.1 Å². The van der Waals surface area contributed by atoms with Crippen molar-refractivity contribution in [1.82, 2.24) is 0 Å². The Kier molecular flexibility index (Phi) is 3.87. The molecule has 0 bridgehead atoms. The number of aliphatic hydroxyl groups is 1. The highest BCUT2D eigenvalue weighted by atomic mass is 32.2. The predicted molar refractivity (Wildman–Crippen MR) is 61.1 cm³/mol. The second-order valence-corrected chi connectivity index (χ2v) is 5.52. The van der Waals surface area contributed by atoms with Crippen LogP contribution in [0.1, 0.15) is 4.88 Å². The van der Waals surface area contributed by atoms with Crippen molar-refractivity contribution in [2.75, 3.05) is 18.1 Å². The van der Waals surface area contributed by atoms with Crippen LogP contribution in [0.3, 0.4) is 0 Å². The van der Waals surface area contributed by atoms with Crippen LogP contribution in [0.15, 0.2) is 17.5 Å². The molecule has 14 heavy (non-hydrogen) atoms. The standard InChI is InChI=1S/C10H14O2S2/c11-9(6-8-2-1-4-14-8)10-7-13-5-3-12-10/h1-2,4,9-11H,3,5-7H2. The summed E-state index contributed by atoms with van der Waals surface area (Å²) < 4.78 is 5.52. The summed E-state index contributed by atoms with van der Waals surface area (Å²) in [4.78, 5) is 1.23. The summed E-state index contributed by atoms with van der Waals surface area (Å²) >= 11 is 3.56. The third-order valence-electron chi connectivity index (χ3n) is 2.26. The molecule has 2 atom stereocenters. The zero-order chi connectivity index (χ0) is 9.80. The minimum Gasteiger partial charge on any atom is -0.390 e. The number of thiophene rings is 1. The lowest BCUT2D eigenvalue weighted by Gasteiger charge is -2.26. The van der Waals surface area contributed by atoms with Gasteiger partial charge in [0, 0.05) is 22.8 Å². The number of thioether (sulfide) groups is 1. The molecule has 2 heterocycles. The lowest BCUT2D eigenvalue weighted by molar-refractivity contribution is -0.0204. The van der Waals surface area contributed by atoms with E-state index in [1.807, 2.05) is 23.2 Å². The van der Waals surface area contributed by atoms with Gasteiger partial charge in [-0.05, 0) is 11.4 Å². The number of hydrogen-bond acceptors (Lipinski definition) is 4. The fourth-order valence-corrected chi connectivity index (χ4v) is 3.18. The van der Waals surface area contributed by atoms with Crippen molar-refractivity contribution < 1.29 is 9.84 Å². The third-order valence-corrected chi connectivity index (χ3v) is 4.18. The van der Waals surface area contributed by atoms with Crippen LogP contribution in [0.5, 0.6) is 0 Å². The number of rotatable bonds is 3. The molecular formula is C10H14O2S2. The zero-order valence-corrected chi connectivity index (χ0v) is 9.52. The Balaban J connectivity index is 1.85. The van der Waals surface area contributed by atoms with E-state index in [1.54, 1.807) is 11.3 Å². The van der Waals surface area contributed by atoms with Crippen LogP contribution in [0, 0.1) is 0 Å². The highest BCUT2D eigenvalue weighted by Gasteiger charge is 2.23. The summed E-state index contributed by atoms with van der Waals surface area (Å²) in [5.74, 6) is 1.98. The molecule has 0 aromatic carbocycles. The molecule has 0 amide bonds. The van der Waals surface area contributed by atoms with Gasteiger partial charge in [-0.1, -0.05) is 6.07 Å². The molecule has 1 aliphatic heterocycles. The van der Waals surface area contributed by atoms with E-state index in [9.17, 15) is 5.11 Å². The molecule has 1 N–H and O–H groups in total. The van der Waals surface area contributed by atoms with Crippen LogP contribution in [-0.4, -0.2) is 35.4 Å². The first-order valence-electron chi connectivity index (χ1n) is 4.76. The lowest BCUT2D eigenvalue weighted by Crippen LogP contribution is -2.36. The largest absolute Gasteiger partial charge is 0.390 e. The fraction of sp³-hybridized carbons (Fsp3) is 0.600. The molecular weight excluding hydrogens is 216 g/mol. The Bertz CT molecular complexity index is 255. The van der Waals surface area contributed by atoms with Gasteiger partial charge in [0.05, 0.1) is 18.8 Å². The maximum Gasteiger partial charge on any atom is 0.0927 e. The molecule has 0 spiro atoms. The molecule has 4 heteroatoms. The highest BCUT2D eigenvalue weighted by molar-refractivity contribution is 7.99. The minimum absolute atomic E-state index is 0.0239. The maximum atomic E-state index is 9.91. The van der Waals surface area contributed by atoms with E-state index in [0.717, 1.165) is 24.5 Å². The van der Waals surface area contributed by atoms with Crippen LogP contribution in [0.25, 0.3) is 0 Å². The second-order valence-electron chi connectivity index (χ2n) is 3.33. The van der Waals surface area contributed by atoms with E-state index in [4.69, 9.17) is 4.74 Å². The molecule has 78 valence electrons. The van der Waals surface area contributed by atoms with Gasteiger partial charge in [-0.15, -0.1) is 11.3 Å². The van der Waals surface area contributed by atoms with Gasteiger partial charge >= 0.3 is 0 Å². The Morgan fingerprint density at radius 3 is 3.21 bits per heavy atom. The van der Waals surface area contributed by atoms with Crippen molar-refractivity contribution in [3.05, 3.63) is 22.4 Å². The first-order chi connectivity index (χ1) is 6.86. The second kappa shape index (κ2) is 5.16. The van der Waals surface area contributed by atoms with E-state index >= 15 is 0 Å². The summed E-state index contributed by atoms with van der Waals surface area (Å²) in [5.41, 5.74) is 0. The van der Waals surface area contributed by atoms with Gasteiger partial charge in [-0.2, -0.15) is 11.8 Å². The van der Waals surface area contributed by atoms with Crippen molar-refractivity contribution in [2.24, 2.45) is 0 Å². The van der Waals surface area contributed by atoms with Gasteiger partial charge in [-0.25, -0.2) is 0 Å². The smallest absolute Gasteiger partial charge is 0.0927 e. The van der Waals surface area contributed by atoms with Crippen LogP contribution in [0.4, 0.5) is 0 Å². The topological polar surface area (TPSA) is 29.5 Å². The molecule has 1 fully saturated rings. The monoisotopic (exact) mass is 230 g/mol. The molecule has 0 aliphatic carbocycles. The molecule has 1 aliphatic rings. The summed E-state index contributed by atoms with van der Waals surface area (Å²) in [5, 5.41) is 12.0. The van der Waals surface area contributed by atoms with Crippen molar-refractivity contribution in [1.29, 1.82) is 0 Å². The average molecular weight is 230 g/mol. The van der Waals surface area contributed by atoms with Gasteiger partial charge in [0.1, 0.15) is 0 Å². The number of aliphatic hydroxyl groups excluding tert-OH is 1. The van der Waals surface area contributed by atoms with E-state index in [1.165, 1.54) is 4.88 Å². The molecule has 0 radical (unpaired) electrons. The number of ether oxygens (including phenoxy) is 1. The fourth-order valence-electron chi connectivity index (χ4n) is 1.49. The van der Waals surface area contributed by atoms with Crippen molar-refractivity contribution in [2.45, 2.75) is 18.6 Å².